The van der Waals surface area contributed by atoms with Crippen molar-refractivity contribution in [2.75, 3.05) is 18.0 Å². The molecule has 0 spiro atoms. The standard InChI is InChI=1S/C13H16ClN3/c1-9-8-17(10(2)7-16-9)12-4-3-11(6-15)13(14)5-12/h3-5,9-10,16H,7-8H2,1-2H3/t9-,10+/m1/s1. The number of rotatable bonds is 1. The van der Waals surface area contributed by atoms with Crippen molar-refractivity contribution in [3.05, 3.63) is 28.8 Å². The van der Waals surface area contributed by atoms with E-state index < -0.39 is 0 Å². The van der Waals surface area contributed by atoms with Crippen LogP contribution in [0.1, 0.15) is 19.4 Å². The maximum absolute atomic E-state index is 8.86. The second-order valence-electron chi connectivity index (χ2n) is 4.59. The normalized spacial score (nSPS) is 24.5. The molecule has 90 valence electrons. The third-order valence-electron chi connectivity index (χ3n) is 3.17. The topological polar surface area (TPSA) is 39.1 Å². The van der Waals surface area contributed by atoms with Crippen molar-refractivity contribution < 1.29 is 0 Å². The van der Waals surface area contributed by atoms with Gasteiger partial charge in [-0.25, -0.2) is 0 Å². The van der Waals surface area contributed by atoms with Crippen LogP contribution in [-0.4, -0.2) is 25.2 Å². The molecule has 17 heavy (non-hydrogen) atoms. The van der Waals surface area contributed by atoms with Crippen molar-refractivity contribution in [1.82, 2.24) is 5.32 Å². The van der Waals surface area contributed by atoms with E-state index >= 15 is 0 Å². The molecule has 1 aliphatic rings. The largest absolute Gasteiger partial charge is 0.366 e. The second-order valence-corrected chi connectivity index (χ2v) is 4.99. The summed E-state index contributed by atoms with van der Waals surface area (Å²) in [6, 6.07) is 8.64. The van der Waals surface area contributed by atoms with Crippen LogP contribution in [-0.2, 0) is 0 Å². The number of nitrogens with one attached hydrogen (secondary N) is 1. The summed E-state index contributed by atoms with van der Waals surface area (Å²) < 4.78 is 0. The molecule has 0 aliphatic carbocycles. The van der Waals surface area contributed by atoms with Crippen LogP contribution in [0, 0.1) is 11.3 Å². The van der Waals surface area contributed by atoms with Gasteiger partial charge in [0.15, 0.2) is 0 Å². The predicted molar refractivity (Wildman–Crippen MR) is 70.4 cm³/mol. The average molecular weight is 250 g/mol. The van der Waals surface area contributed by atoms with E-state index in [1.54, 1.807) is 6.07 Å². The highest BCUT2D eigenvalue weighted by Gasteiger charge is 2.22. The Morgan fingerprint density at radius 2 is 2.24 bits per heavy atom. The first kappa shape index (κ1) is 12.2. The fourth-order valence-electron chi connectivity index (χ4n) is 2.15. The molecule has 0 bridgehead atoms. The van der Waals surface area contributed by atoms with Crippen LogP contribution in [0.3, 0.4) is 0 Å². The van der Waals surface area contributed by atoms with Crippen LogP contribution < -0.4 is 10.2 Å². The molecule has 1 saturated heterocycles. The molecule has 3 nitrogen and oxygen atoms in total. The van der Waals surface area contributed by atoms with Crippen LogP contribution >= 0.6 is 11.6 Å². The molecule has 1 N–H and O–H groups in total. The number of piperazine rings is 1. The monoisotopic (exact) mass is 249 g/mol. The second kappa shape index (κ2) is 4.95. The first-order valence-electron chi connectivity index (χ1n) is 5.81. The summed E-state index contributed by atoms with van der Waals surface area (Å²) in [6.45, 7) is 6.29. The number of nitrogens with zero attached hydrogens (tertiary/aromatic N) is 2. The van der Waals surface area contributed by atoms with E-state index in [1.165, 1.54) is 0 Å². The molecule has 1 aromatic rings. The molecular weight excluding hydrogens is 234 g/mol. The summed E-state index contributed by atoms with van der Waals surface area (Å²) >= 11 is 6.07. The van der Waals surface area contributed by atoms with Gasteiger partial charge in [0.1, 0.15) is 6.07 Å². The minimum atomic E-state index is 0.440. The van der Waals surface area contributed by atoms with Crippen LogP contribution in [0.5, 0.6) is 0 Å². The fourth-order valence-corrected chi connectivity index (χ4v) is 2.37. The van der Waals surface area contributed by atoms with E-state index in [2.05, 4.69) is 30.1 Å². The maximum Gasteiger partial charge on any atom is 0.101 e. The van der Waals surface area contributed by atoms with Crippen molar-refractivity contribution in [1.29, 1.82) is 5.26 Å². The molecule has 1 aliphatic heterocycles. The number of hydrogen-bond donors (Lipinski definition) is 1. The van der Waals surface area contributed by atoms with Gasteiger partial charge in [0.2, 0.25) is 0 Å². The van der Waals surface area contributed by atoms with Crippen molar-refractivity contribution in [2.45, 2.75) is 25.9 Å². The van der Waals surface area contributed by atoms with Gasteiger partial charge in [-0.2, -0.15) is 5.26 Å². The number of nitriles is 1. The van der Waals surface area contributed by atoms with Gasteiger partial charge in [-0.1, -0.05) is 11.6 Å². The molecule has 0 saturated carbocycles. The summed E-state index contributed by atoms with van der Waals surface area (Å²) in [4.78, 5) is 2.33. The molecule has 1 fully saturated rings. The molecular formula is C13H16ClN3. The molecule has 1 aromatic carbocycles. The zero-order valence-electron chi connectivity index (χ0n) is 10.1. The third kappa shape index (κ3) is 2.54. The Balaban J connectivity index is 2.27. The Morgan fingerprint density at radius 3 is 2.88 bits per heavy atom. The van der Waals surface area contributed by atoms with Gasteiger partial charge < -0.3 is 10.2 Å². The number of halogens is 1. The Bertz CT molecular complexity index is 452. The summed E-state index contributed by atoms with van der Waals surface area (Å²) in [6.07, 6.45) is 0. The van der Waals surface area contributed by atoms with E-state index in [4.69, 9.17) is 16.9 Å². The van der Waals surface area contributed by atoms with Gasteiger partial charge >= 0.3 is 0 Å². The lowest BCUT2D eigenvalue weighted by Gasteiger charge is -2.39. The lowest BCUT2D eigenvalue weighted by atomic mass is 10.1. The Morgan fingerprint density at radius 1 is 1.47 bits per heavy atom. The van der Waals surface area contributed by atoms with Gasteiger partial charge in [-0.15, -0.1) is 0 Å². The van der Waals surface area contributed by atoms with Crippen molar-refractivity contribution in [3.63, 3.8) is 0 Å². The highest BCUT2D eigenvalue weighted by molar-refractivity contribution is 6.32. The zero-order valence-corrected chi connectivity index (χ0v) is 10.8. The molecule has 0 amide bonds. The van der Waals surface area contributed by atoms with Crippen molar-refractivity contribution in [3.8, 4) is 6.07 Å². The fraction of sp³-hybridized carbons (Fsp3) is 0.462. The number of hydrogen-bond acceptors (Lipinski definition) is 3. The minimum Gasteiger partial charge on any atom is -0.366 e. The Hall–Kier alpha value is -1.24. The van der Waals surface area contributed by atoms with E-state index in [0.717, 1.165) is 18.8 Å². The molecule has 1 heterocycles. The molecule has 0 radical (unpaired) electrons. The first-order chi connectivity index (χ1) is 8.11. The van der Waals surface area contributed by atoms with Crippen LogP contribution in [0.2, 0.25) is 5.02 Å². The lowest BCUT2D eigenvalue weighted by Crippen LogP contribution is -2.54. The summed E-state index contributed by atoms with van der Waals surface area (Å²) in [5, 5.41) is 12.8. The molecule has 0 unspecified atom stereocenters. The van der Waals surface area contributed by atoms with Crippen LogP contribution in [0.25, 0.3) is 0 Å². The average Bonchev–Trinajstić information content (AvgIpc) is 2.32. The van der Waals surface area contributed by atoms with Gasteiger partial charge in [0.25, 0.3) is 0 Å². The predicted octanol–water partition coefficient (Wildman–Crippen LogP) is 2.40. The summed E-state index contributed by atoms with van der Waals surface area (Å²) in [7, 11) is 0. The minimum absolute atomic E-state index is 0.440. The van der Waals surface area contributed by atoms with Gasteiger partial charge in [0, 0.05) is 30.9 Å². The Labute approximate surface area is 107 Å². The van der Waals surface area contributed by atoms with Gasteiger partial charge in [0.05, 0.1) is 10.6 Å². The van der Waals surface area contributed by atoms with Gasteiger partial charge in [-0.05, 0) is 32.0 Å². The van der Waals surface area contributed by atoms with Crippen molar-refractivity contribution in [2.24, 2.45) is 0 Å². The van der Waals surface area contributed by atoms with Crippen molar-refractivity contribution >= 4 is 17.3 Å². The van der Waals surface area contributed by atoms with Crippen LogP contribution in [0.15, 0.2) is 18.2 Å². The summed E-state index contributed by atoms with van der Waals surface area (Å²) in [5.41, 5.74) is 1.63. The number of anilines is 1. The molecule has 2 atom stereocenters. The number of benzene rings is 1. The SMILES string of the molecule is C[C@@H]1CN(c2ccc(C#N)c(Cl)c2)[C@@H](C)CN1. The smallest absolute Gasteiger partial charge is 0.101 e. The molecule has 4 heteroatoms. The molecule has 2 rings (SSSR count). The lowest BCUT2D eigenvalue weighted by molar-refractivity contribution is 0.425. The van der Waals surface area contributed by atoms with E-state index in [1.807, 2.05) is 12.1 Å². The highest BCUT2D eigenvalue weighted by atomic mass is 35.5. The zero-order chi connectivity index (χ0) is 12.4. The Kier molecular flexibility index (Phi) is 3.56. The maximum atomic E-state index is 8.86. The quantitative estimate of drug-likeness (QED) is 0.831. The van der Waals surface area contributed by atoms with E-state index in [9.17, 15) is 0 Å². The first-order valence-corrected chi connectivity index (χ1v) is 6.19. The molecule has 0 aromatic heterocycles. The van der Waals surface area contributed by atoms with E-state index in [0.29, 0.717) is 22.7 Å². The highest BCUT2D eigenvalue weighted by Crippen LogP contribution is 2.25. The van der Waals surface area contributed by atoms with Crippen LogP contribution in [0.4, 0.5) is 5.69 Å². The third-order valence-corrected chi connectivity index (χ3v) is 3.48. The summed E-state index contributed by atoms with van der Waals surface area (Å²) in [5.74, 6) is 0. The van der Waals surface area contributed by atoms with E-state index in [-0.39, 0.29) is 0 Å². The van der Waals surface area contributed by atoms with Gasteiger partial charge in [-0.3, -0.25) is 0 Å².